The van der Waals surface area contributed by atoms with Gasteiger partial charge < -0.3 is 20.0 Å². The van der Waals surface area contributed by atoms with Gasteiger partial charge in [-0.25, -0.2) is 0 Å². The summed E-state index contributed by atoms with van der Waals surface area (Å²) < 4.78 is 0. The summed E-state index contributed by atoms with van der Waals surface area (Å²) >= 11 is 0. The Morgan fingerprint density at radius 1 is 0.667 bits per heavy atom. The lowest BCUT2D eigenvalue weighted by Crippen LogP contribution is -2.51. The molecular formula is C32H40N2O2. The van der Waals surface area contributed by atoms with E-state index >= 15 is 0 Å². The number of hydrogen-bond acceptors (Lipinski definition) is 4. The number of fused-ring (bicyclic) bond motifs is 2. The van der Waals surface area contributed by atoms with Crippen LogP contribution >= 0.6 is 0 Å². The van der Waals surface area contributed by atoms with Crippen molar-refractivity contribution in [3.8, 4) is 0 Å². The van der Waals surface area contributed by atoms with E-state index in [9.17, 15) is 10.2 Å². The van der Waals surface area contributed by atoms with Crippen LogP contribution in [-0.2, 0) is 12.8 Å². The van der Waals surface area contributed by atoms with E-state index < -0.39 is 12.2 Å². The highest BCUT2D eigenvalue weighted by molar-refractivity contribution is 5.62. The van der Waals surface area contributed by atoms with E-state index in [1.807, 2.05) is 0 Å². The molecule has 190 valence electrons. The zero-order chi connectivity index (χ0) is 24.2. The molecule has 2 heterocycles. The molecule has 5 aliphatic rings. The zero-order valence-corrected chi connectivity index (χ0v) is 21.4. The van der Waals surface area contributed by atoms with Crippen molar-refractivity contribution in [2.45, 2.75) is 100 Å². The first kappa shape index (κ1) is 22.9. The lowest BCUT2D eigenvalue weighted by Gasteiger charge is -2.47. The normalized spacial score (nSPS) is 31.9. The Balaban J connectivity index is 1.07. The highest BCUT2D eigenvalue weighted by Crippen LogP contribution is 2.50. The molecule has 3 atom stereocenters. The van der Waals surface area contributed by atoms with Gasteiger partial charge in [-0.2, -0.15) is 0 Å². The van der Waals surface area contributed by atoms with Gasteiger partial charge >= 0.3 is 0 Å². The molecule has 2 saturated carbocycles. The molecular weight excluding hydrogens is 444 g/mol. The van der Waals surface area contributed by atoms with Crippen molar-refractivity contribution in [3.05, 3.63) is 70.8 Å². The SMILES string of the molecule is OC1C(c2ccc3c(c2)CCN3C2C=CCCC2)C(O)C1c1ccc2c(c1)CCN2C1CCCCC1. The minimum atomic E-state index is -0.536. The van der Waals surface area contributed by atoms with Gasteiger partial charge in [0.1, 0.15) is 0 Å². The van der Waals surface area contributed by atoms with Gasteiger partial charge in [-0.15, -0.1) is 0 Å². The third kappa shape index (κ3) is 3.71. The summed E-state index contributed by atoms with van der Waals surface area (Å²) in [5, 5.41) is 22.5. The first-order valence-corrected chi connectivity index (χ1v) is 14.5. The molecule has 2 aromatic carbocycles. The average molecular weight is 485 g/mol. The fraction of sp³-hybridized carbons (Fsp3) is 0.562. The number of aliphatic hydroxyl groups excluding tert-OH is 2. The molecule has 7 rings (SSSR count). The second kappa shape index (κ2) is 9.22. The van der Waals surface area contributed by atoms with E-state index in [0.29, 0.717) is 12.1 Å². The Kier molecular flexibility index (Phi) is 5.86. The van der Waals surface area contributed by atoms with E-state index in [-0.39, 0.29) is 11.8 Å². The van der Waals surface area contributed by atoms with Crippen LogP contribution in [0.1, 0.15) is 85.5 Å². The highest BCUT2D eigenvalue weighted by atomic mass is 16.3. The molecule has 0 radical (unpaired) electrons. The number of hydrogen-bond donors (Lipinski definition) is 2. The van der Waals surface area contributed by atoms with Crippen molar-refractivity contribution < 1.29 is 10.2 Å². The lowest BCUT2D eigenvalue weighted by atomic mass is 9.63. The third-order valence-corrected chi connectivity index (χ3v) is 9.96. The van der Waals surface area contributed by atoms with Gasteiger partial charge in [0.05, 0.1) is 12.2 Å². The van der Waals surface area contributed by atoms with Crippen molar-refractivity contribution in [1.82, 2.24) is 0 Å². The molecule has 0 saturated heterocycles. The molecule has 36 heavy (non-hydrogen) atoms. The van der Waals surface area contributed by atoms with Gasteiger partial charge in [-0.1, -0.05) is 55.7 Å². The third-order valence-electron chi connectivity index (χ3n) is 9.96. The molecule has 3 unspecified atom stereocenters. The number of nitrogens with zero attached hydrogens (tertiary/aromatic N) is 2. The number of aliphatic hydroxyl groups is 2. The summed E-state index contributed by atoms with van der Waals surface area (Å²) in [6.07, 6.45) is 16.2. The monoisotopic (exact) mass is 484 g/mol. The summed E-state index contributed by atoms with van der Waals surface area (Å²) in [5.74, 6) is -0.392. The minimum Gasteiger partial charge on any atom is -0.392 e. The van der Waals surface area contributed by atoms with Crippen LogP contribution in [0.2, 0.25) is 0 Å². The van der Waals surface area contributed by atoms with E-state index in [2.05, 4.69) is 58.4 Å². The number of benzene rings is 2. The first-order chi connectivity index (χ1) is 17.7. The first-order valence-electron chi connectivity index (χ1n) is 14.5. The van der Waals surface area contributed by atoms with Crippen LogP contribution in [-0.4, -0.2) is 47.6 Å². The molecule has 4 nitrogen and oxygen atoms in total. The lowest BCUT2D eigenvalue weighted by molar-refractivity contribution is -0.0785. The van der Waals surface area contributed by atoms with Crippen LogP contribution in [0, 0.1) is 0 Å². The molecule has 2 fully saturated rings. The van der Waals surface area contributed by atoms with E-state index in [0.717, 1.165) is 37.1 Å². The van der Waals surface area contributed by atoms with Crippen molar-refractivity contribution in [2.24, 2.45) is 0 Å². The minimum absolute atomic E-state index is 0.193. The van der Waals surface area contributed by atoms with Gasteiger partial charge in [0, 0.05) is 48.4 Å². The van der Waals surface area contributed by atoms with Crippen LogP contribution in [0.3, 0.4) is 0 Å². The second-order valence-corrected chi connectivity index (χ2v) is 11.9. The van der Waals surface area contributed by atoms with Crippen molar-refractivity contribution in [3.63, 3.8) is 0 Å². The van der Waals surface area contributed by atoms with Crippen molar-refractivity contribution >= 4 is 11.4 Å². The summed E-state index contributed by atoms with van der Waals surface area (Å²) in [7, 11) is 0. The Morgan fingerprint density at radius 2 is 1.28 bits per heavy atom. The smallest absolute Gasteiger partial charge is 0.0727 e. The quantitative estimate of drug-likeness (QED) is 0.566. The van der Waals surface area contributed by atoms with Crippen LogP contribution in [0.15, 0.2) is 48.6 Å². The number of allylic oxidation sites excluding steroid dienone is 1. The maximum absolute atomic E-state index is 11.3. The Hall–Kier alpha value is -2.30. The van der Waals surface area contributed by atoms with Gasteiger partial charge in [-0.3, -0.25) is 0 Å². The topological polar surface area (TPSA) is 46.9 Å². The van der Waals surface area contributed by atoms with Crippen LogP contribution < -0.4 is 9.80 Å². The van der Waals surface area contributed by atoms with E-state index in [1.54, 1.807) is 0 Å². The highest BCUT2D eigenvalue weighted by Gasteiger charge is 2.50. The predicted molar refractivity (Wildman–Crippen MR) is 146 cm³/mol. The molecule has 2 aromatic rings. The Morgan fingerprint density at radius 3 is 1.89 bits per heavy atom. The molecule has 0 bridgehead atoms. The summed E-state index contributed by atoms with van der Waals surface area (Å²) in [4.78, 5) is 5.18. The van der Waals surface area contributed by atoms with Gasteiger partial charge in [0.2, 0.25) is 0 Å². The Bertz CT molecular complexity index is 1140. The van der Waals surface area contributed by atoms with Gasteiger partial charge in [0.25, 0.3) is 0 Å². The number of rotatable bonds is 4. The summed E-state index contributed by atoms with van der Waals surface area (Å²) in [6.45, 7) is 2.18. The van der Waals surface area contributed by atoms with Crippen LogP contribution in [0.4, 0.5) is 11.4 Å². The molecule has 2 aliphatic heterocycles. The van der Waals surface area contributed by atoms with Gasteiger partial charge in [0.15, 0.2) is 0 Å². The predicted octanol–water partition coefficient (Wildman–Crippen LogP) is 5.46. The number of anilines is 2. The van der Waals surface area contributed by atoms with Crippen LogP contribution in [0.5, 0.6) is 0 Å². The molecule has 0 spiro atoms. The molecule has 3 aliphatic carbocycles. The fourth-order valence-electron chi connectivity index (χ4n) is 7.97. The molecule has 2 N–H and O–H groups in total. The summed E-state index contributed by atoms with van der Waals surface area (Å²) in [5.41, 5.74) is 7.70. The largest absolute Gasteiger partial charge is 0.392 e. The molecule has 0 amide bonds. The van der Waals surface area contributed by atoms with Crippen LogP contribution in [0.25, 0.3) is 0 Å². The van der Waals surface area contributed by atoms with E-state index in [4.69, 9.17) is 0 Å². The summed E-state index contributed by atoms with van der Waals surface area (Å²) in [6, 6.07) is 14.6. The van der Waals surface area contributed by atoms with E-state index in [1.165, 1.54) is 73.9 Å². The van der Waals surface area contributed by atoms with Gasteiger partial charge in [-0.05, 0) is 79.3 Å². The average Bonchev–Trinajstić information content (AvgIpc) is 3.54. The van der Waals surface area contributed by atoms with Crippen molar-refractivity contribution in [1.29, 1.82) is 0 Å². The molecule has 0 aromatic heterocycles. The Labute approximate surface area is 215 Å². The zero-order valence-electron chi connectivity index (χ0n) is 21.4. The fourth-order valence-corrected chi connectivity index (χ4v) is 7.97. The molecule has 4 heteroatoms. The maximum atomic E-state index is 11.3. The maximum Gasteiger partial charge on any atom is 0.0727 e. The second-order valence-electron chi connectivity index (χ2n) is 11.9. The van der Waals surface area contributed by atoms with Crippen molar-refractivity contribution in [2.75, 3.05) is 22.9 Å². The standard InChI is InChI=1S/C32H40N2O2/c35-31-29(23-11-13-27-21(19-23)15-17-33(27)25-7-3-1-4-8-25)32(36)30(31)24-12-14-28-22(20-24)16-18-34(28)26-9-5-2-6-10-26/h3,7,11-14,19-20,25-26,29-32,35-36H,1-2,4-6,8-10,15-18H2.